The van der Waals surface area contributed by atoms with Gasteiger partial charge >= 0.3 is 0 Å². The number of hydrogen-bond acceptors (Lipinski definition) is 4. The van der Waals surface area contributed by atoms with Crippen LogP contribution in [0.15, 0.2) is 18.2 Å². The summed E-state index contributed by atoms with van der Waals surface area (Å²) < 4.78 is 11.6. The van der Waals surface area contributed by atoms with E-state index in [2.05, 4.69) is 37.4 Å². The fraction of sp³-hybridized carbons (Fsp3) is 0.611. The van der Waals surface area contributed by atoms with Gasteiger partial charge in [0, 0.05) is 32.5 Å². The van der Waals surface area contributed by atoms with E-state index in [0.717, 1.165) is 38.2 Å². The van der Waals surface area contributed by atoms with Crippen LogP contribution in [0, 0.1) is 13.8 Å². The number of likely N-dealkylation sites (tertiary alicyclic amines) is 1. The summed E-state index contributed by atoms with van der Waals surface area (Å²) in [6.45, 7) is 7.60. The summed E-state index contributed by atoms with van der Waals surface area (Å²) in [6, 6.07) is 6.03. The van der Waals surface area contributed by atoms with E-state index in [4.69, 9.17) is 9.47 Å². The van der Waals surface area contributed by atoms with E-state index in [1.165, 1.54) is 11.1 Å². The second-order valence-corrected chi connectivity index (χ2v) is 6.45. The van der Waals surface area contributed by atoms with Gasteiger partial charge in [-0.2, -0.15) is 0 Å². The lowest BCUT2D eigenvalue weighted by Crippen LogP contribution is -2.54. The Labute approximate surface area is 150 Å². The van der Waals surface area contributed by atoms with Crippen LogP contribution >= 0.6 is 12.4 Å². The summed E-state index contributed by atoms with van der Waals surface area (Å²) in [5.74, 6) is 1.16. The summed E-state index contributed by atoms with van der Waals surface area (Å²) in [7, 11) is 0. The number of nitrogens with one attached hydrogen (secondary N) is 1. The van der Waals surface area contributed by atoms with Crippen LogP contribution in [0.3, 0.4) is 0 Å². The minimum atomic E-state index is -0.181. The molecule has 2 aliphatic rings. The van der Waals surface area contributed by atoms with Crippen molar-refractivity contribution in [1.29, 1.82) is 0 Å². The van der Waals surface area contributed by atoms with E-state index in [0.29, 0.717) is 13.2 Å². The van der Waals surface area contributed by atoms with Gasteiger partial charge in [0.25, 0.3) is 0 Å². The van der Waals surface area contributed by atoms with Gasteiger partial charge in [-0.25, -0.2) is 0 Å². The van der Waals surface area contributed by atoms with Gasteiger partial charge in [0.1, 0.15) is 17.9 Å². The summed E-state index contributed by atoms with van der Waals surface area (Å²) in [5, 5.41) is 3.23. The monoisotopic (exact) mass is 354 g/mol. The number of morpholine rings is 1. The van der Waals surface area contributed by atoms with Gasteiger partial charge in [-0.05, 0) is 25.0 Å². The fourth-order valence-corrected chi connectivity index (χ4v) is 3.29. The maximum Gasteiger partial charge on any atom is 0.242 e. The lowest BCUT2D eigenvalue weighted by molar-refractivity contribution is -0.138. The number of rotatable bonds is 3. The van der Waals surface area contributed by atoms with E-state index in [-0.39, 0.29) is 30.5 Å². The molecule has 0 radical (unpaired) electrons. The highest BCUT2D eigenvalue weighted by atomic mass is 35.5. The number of piperidine rings is 1. The van der Waals surface area contributed by atoms with E-state index < -0.39 is 0 Å². The van der Waals surface area contributed by atoms with Gasteiger partial charge in [0.2, 0.25) is 5.91 Å². The molecule has 1 amide bonds. The van der Waals surface area contributed by atoms with Gasteiger partial charge < -0.3 is 19.7 Å². The Bertz CT molecular complexity index is 533. The highest BCUT2D eigenvalue weighted by Crippen LogP contribution is 2.26. The van der Waals surface area contributed by atoms with Crippen molar-refractivity contribution in [3.05, 3.63) is 29.3 Å². The van der Waals surface area contributed by atoms with Crippen molar-refractivity contribution in [3.63, 3.8) is 0 Å². The smallest absolute Gasteiger partial charge is 0.242 e. The molecule has 6 heteroatoms. The van der Waals surface area contributed by atoms with Crippen LogP contribution in [0.2, 0.25) is 0 Å². The maximum absolute atomic E-state index is 12.5. The molecule has 2 fully saturated rings. The number of hydrogen-bond donors (Lipinski definition) is 1. The zero-order valence-corrected chi connectivity index (χ0v) is 15.2. The summed E-state index contributed by atoms with van der Waals surface area (Å²) >= 11 is 0. The molecule has 0 aliphatic carbocycles. The zero-order valence-electron chi connectivity index (χ0n) is 14.4. The lowest BCUT2D eigenvalue weighted by Gasteiger charge is -2.35. The third-order valence-electron chi connectivity index (χ3n) is 4.67. The molecule has 24 heavy (non-hydrogen) atoms. The van der Waals surface area contributed by atoms with Crippen LogP contribution in [-0.2, 0) is 9.53 Å². The van der Waals surface area contributed by atoms with Crippen LogP contribution in [0.5, 0.6) is 5.75 Å². The summed E-state index contributed by atoms with van der Waals surface area (Å²) in [6.07, 6.45) is 1.95. The number of aryl methyl sites for hydroxylation is 2. The number of amides is 1. The number of halogens is 1. The molecule has 1 atom stereocenters. The van der Waals surface area contributed by atoms with E-state index in [1.54, 1.807) is 0 Å². The molecule has 2 aliphatic heterocycles. The van der Waals surface area contributed by atoms with Gasteiger partial charge in [-0.1, -0.05) is 18.2 Å². The Kier molecular flexibility index (Phi) is 6.90. The predicted molar refractivity (Wildman–Crippen MR) is 96.0 cm³/mol. The minimum absolute atomic E-state index is 0. The standard InChI is InChI=1S/C18H26N2O3.ClH/c1-13-4-3-5-14(2)17(13)23-15-6-9-20(10-7-15)18(21)16-12-22-11-8-19-16;/h3-5,15-16,19H,6-12H2,1-2H3;1H. The van der Waals surface area contributed by atoms with Crippen molar-refractivity contribution < 1.29 is 14.3 Å². The fourth-order valence-electron chi connectivity index (χ4n) is 3.29. The van der Waals surface area contributed by atoms with Crippen molar-refractivity contribution >= 4 is 18.3 Å². The third kappa shape index (κ3) is 4.41. The maximum atomic E-state index is 12.5. The van der Waals surface area contributed by atoms with Gasteiger partial charge in [0.05, 0.1) is 13.2 Å². The minimum Gasteiger partial charge on any atom is -0.490 e. The molecule has 1 aromatic carbocycles. The van der Waals surface area contributed by atoms with Gasteiger partial charge in [0.15, 0.2) is 0 Å². The first-order chi connectivity index (χ1) is 11.1. The molecule has 134 valence electrons. The molecule has 2 heterocycles. The molecule has 1 aromatic rings. The van der Waals surface area contributed by atoms with E-state index >= 15 is 0 Å². The summed E-state index contributed by atoms with van der Waals surface area (Å²) in [4.78, 5) is 14.4. The molecular weight excluding hydrogens is 328 g/mol. The van der Waals surface area contributed by atoms with Crippen molar-refractivity contribution in [2.24, 2.45) is 0 Å². The molecule has 3 rings (SSSR count). The number of ether oxygens (including phenoxy) is 2. The number of carbonyl (C=O) groups is 1. The summed E-state index contributed by atoms with van der Waals surface area (Å²) in [5.41, 5.74) is 2.35. The largest absolute Gasteiger partial charge is 0.490 e. The van der Waals surface area contributed by atoms with Crippen LogP contribution < -0.4 is 10.1 Å². The Morgan fingerprint density at radius 1 is 1.25 bits per heavy atom. The lowest BCUT2D eigenvalue weighted by atomic mass is 10.1. The van der Waals surface area contributed by atoms with Crippen molar-refractivity contribution in [3.8, 4) is 5.75 Å². The number of para-hydroxylation sites is 1. The Hall–Kier alpha value is -1.30. The third-order valence-corrected chi connectivity index (χ3v) is 4.67. The van der Waals surface area contributed by atoms with Crippen molar-refractivity contribution in [2.75, 3.05) is 32.8 Å². The first kappa shape index (κ1) is 19.0. The second kappa shape index (κ2) is 8.70. The molecule has 2 saturated heterocycles. The molecule has 5 nitrogen and oxygen atoms in total. The number of benzene rings is 1. The molecular formula is C18H27ClN2O3. The van der Waals surface area contributed by atoms with Gasteiger partial charge in [-0.3, -0.25) is 4.79 Å². The number of nitrogens with zero attached hydrogens (tertiary/aromatic N) is 1. The molecule has 1 N–H and O–H groups in total. The van der Waals surface area contributed by atoms with Crippen LogP contribution in [-0.4, -0.2) is 55.8 Å². The van der Waals surface area contributed by atoms with E-state index in [1.807, 2.05) is 4.90 Å². The van der Waals surface area contributed by atoms with Crippen molar-refractivity contribution in [2.45, 2.75) is 38.8 Å². The first-order valence-corrected chi connectivity index (χ1v) is 8.48. The average Bonchev–Trinajstić information content (AvgIpc) is 2.59. The molecule has 0 spiro atoms. The van der Waals surface area contributed by atoms with Crippen LogP contribution in [0.1, 0.15) is 24.0 Å². The Morgan fingerprint density at radius 2 is 1.92 bits per heavy atom. The quantitative estimate of drug-likeness (QED) is 0.903. The number of carbonyl (C=O) groups excluding carboxylic acids is 1. The normalized spacial score (nSPS) is 21.9. The van der Waals surface area contributed by atoms with Crippen molar-refractivity contribution in [1.82, 2.24) is 10.2 Å². The Morgan fingerprint density at radius 3 is 2.50 bits per heavy atom. The second-order valence-electron chi connectivity index (χ2n) is 6.45. The average molecular weight is 355 g/mol. The zero-order chi connectivity index (χ0) is 16.2. The highest BCUT2D eigenvalue weighted by molar-refractivity contribution is 5.85. The van der Waals surface area contributed by atoms with Crippen LogP contribution in [0.25, 0.3) is 0 Å². The predicted octanol–water partition coefficient (Wildman–Crippen LogP) is 2.08. The molecule has 0 aromatic heterocycles. The molecule has 0 saturated carbocycles. The topological polar surface area (TPSA) is 50.8 Å². The molecule has 0 bridgehead atoms. The van der Waals surface area contributed by atoms with Crippen LogP contribution in [0.4, 0.5) is 0 Å². The van der Waals surface area contributed by atoms with Gasteiger partial charge in [-0.15, -0.1) is 12.4 Å². The van der Waals surface area contributed by atoms with E-state index in [9.17, 15) is 4.79 Å². The molecule has 1 unspecified atom stereocenters. The highest BCUT2D eigenvalue weighted by Gasteiger charge is 2.30. The first-order valence-electron chi connectivity index (χ1n) is 8.48. The SMILES string of the molecule is Cc1cccc(C)c1OC1CCN(C(=O)C2COCCN2)CC1.Cl. The Balaban J connectivity index is 0.00000208.